The van der Waals surface area contributed by atoms with E-state index in [1.165, 1.54) is 0 Å². The van der Waals surface area contributed by atoms with E-state index in [1.54, 1.807) is 12.3 Å². The minimum Gasteiger partial charge on any atom is -0.354 e. The number of hydrogen-bond donors (Lipinski definition) is 1. The van der Waals surface area contributed by atoms with E-state index in [4.69, 9.17) is 0 Å². The molecule has 3 aromatic heterocycles. The highest BCUT2D eigenvalue weighted by molar-refractivity contribution is 5.91. The number of rotatable bonds is 3. The summed E-state index contributed by atoms with van der Waals surface area (Å²) < 4.78 is 1.93. The third-order valence-corrected chi connectivity index (χ3v) is 3.76. The Kier molecular flexibility index (Phi) is 3.05. The van der Waals surface area contributed by atoms with E-state index in [2.05, 4.69) is 33.3 Å². The normalized spacial score (nSPS) is 11.1. The Morgan fingerprint density at radius 1 is 1.22 bits per heavy atom. The van der Waals surface area contributed by atoms with Crippen molar-refractivity contribution in [1.82, 2.24) is 19.4 Å². The molecule has 6 nitrogen and oxygen atoms in total. The van der Waals surface area contributed by atoms with Crippen molar-refractivity contribution in [3.05, 3.63) is 42.1 Å². The van der Waals surface area contributed by atoms with Gasteiger partial charge in [-0.15, -0.1) is 0 Å². The second-order valence-corrected chi connectivity index (χ2v) is 5.33. The second-order valence-electron chi connectivity index (χ2n) is 5.33. The van der Waals surface area contributed by atoms with Gasteiger partial charge in [-0.05, 0) is 24.6 Å². The molecule has 0 amide bonds. The molecule has 0 aliphatic heterocycles. The van der Waals surface area contributed by atoms with Crippen LogP contribution in [-0.2, 0) is 0 Å². The van der Waals surface area contributed by atoms with E-state index in [-0.39, 0.29) is 0 Å². The summed E-state index contributed by atoms with van der Waals surface area (Å²) in [7, 11) is 0. The first-order valence-electron chi connectivity index (χ1n) is 7.52. The second kappa shape index (κ2) is 5.21. The summed E-state index contributed by atoms with van der Waals surface area (Å²) in [6.07, 6.45) is 2.74. The lowest BCUT2D eigenvalue weighted by Crippen LogP contribution is -2.05. The third-order valence-electron chi connectivity index (χ3n) is 3.76. The summed E-state index contributed by atoms with van der Waals surface area (Å²) in [5.74, 6) is 0.586. The molecule has 3 heterocycles. The van der Waals surface area contributed by atoms with Gasteiger partial charge in [-0.2, -0.15) is 10.2 Å². The van der Waals surface area contributed by atoms with Gasteiger partial charge in [-0.25, -0.2) is 9.97 Å². The molecule has 0 spiro atoms. The smallest absolute Gasteiger partial charge is 0.224 e. The van der Waals surface area contributed by atoms with Crippen molar-refractivity contribution in [2.75, 3.05) is 11.9 Å². The Labute approximate surface area is 132 Å². The summed E-state index contributed by atoms with van der Waals surface area (Å²) >= 11 is 0. The van der Waals surface area contributed by atoms with Crippen molar-refractivity contribution in [2.45, 2.75) is 13.3 Å². The summed E-state index contributed by atoms with van der Waals surface area (Å²) in [5.41, 5.74) is 3.68. The Bertz CT molecular complexity index is 1070. The SMILES string of the molecule is CCCNc1ncc2cc(C#N)c3nc4ccccc4n3c2n1. The molecule has 112 valence electrons. The van der Waals surface area contributed by atoms with Gasteiger partial charge in [0.05, 0.1) is 16.6 Å². The lowest BCUT2D eigenvalue weighted by Gasteiger charge is -2.07. The summed E-state index contributed by atoms with van der Waals surface area (Å²) in [6, 6.07) is 11.8. The third kappa shape index (κ3) is 2.06. The highest BCUT2D eigenvalue weighted by Gasteiger charge is 2.14. The minimum atomic E-state index is 0.520. The van der Waals surface area contributed by atoms with E-state index >= 15 is 0 Å². The maximum Gasteiger partial charge on any atom is 0.224 e. The van der Waals surface area contributed by atoms with Crippen LogP contribution < -0.4 is 5.32 Å². The topological polar surface area (TPSA) is 78.9 Å². The van der Waals surface area contributed by atoms with E-state index in [0.717, 1.165) is 35.0 Å². The lowest BCUT2D eigenvalue weighted by atomic mass is 10.2. The van der Waals surface area contributed by atoms with Crippen molar-refractivity contribution in [1.29, 1.82) is 5.26 Å². The Balaban J connectivity index is 2.12. The first kappa shape index (κ1) is 13.5. The monoisotopic (exact) mass is 302 g/mol. The number of imidazole rings is 1. The lowest BCUT2D eigenvalue weighted by molar-refractivity contribution is 0.954. The first-order chi connectivity index (χ1) is 11.3. The van der Waals surface area contributed by atoms with Gasteiger partial charge >= 0.3 is 0 Å². The number of hydrogen-bond acceptors (Lipinski definition) is 5. The zero-order chi connectivity index (χ0) is 15.8. The van der Waals surface area contributed by atoms with Crippen molar-refractivity contribution in [3.63, 3.8) is 0 Å². The molecule has 0 atom stereocenters. The molecule has 0 aliphatic carbocycles. The molecule has 0 radical (unpaired) electrons. The average molecular weight is 302 g/mol. The summed E-state index contributed by atoms with van der Waals surface area (Å²) in [4.78, 5) is 13.5. The molecule has 0 fully saturated rings. The van der Waals surface area contributed by atoms with Crippen LogP contribution in [0.2, 0.25) is 0 Å². The van der Waals surface area contributed by atoms with Gasteiger partial charge in [0.1, 0.15) is 6.07 Å². The highest BCUT2D eigenvalue weighted by atomic mass is 15.1. The Morgan fingerprint density at radius 2 is 2.09 bits per heavy atom. The number of aromatic nitrogens is 4. The molecular weight excluding hydrogens is 288 g/mol. The quantitative estimate of drug-likeness (QED) is 0.629. The van der Waals surface area contributed by atoms with Crippen molar-refractivity contribution < 1.29 is 0 Å². The molecule has 4 rings (SSSR count). The van der Waals surface area contributed by atoms with E-state index in [0.29, 0.717) is 17.2 Å². The maximum atomic E-state index is 9.43. The molecular formula is C17H14N6. The van der Waals surface area contributed by atoms with Crippen LogP contribution in [-0.4, -0.2) is 25.9 Å². The van der Waals surface area contributed by atoms with Gasteiger partial charge in [0, 0.05) is 18.1 Å². The number of nitrogens with zero attached hydrogens (tertiary/aromatic N) is 5. The number of pyridine rings is 1. The van der Waals surface area contributed by atoms with Gasteiger partial charge in [-0.1, -0.05) is 19.1 Å². The number of anilines is 1. The number of nitrogens with one attached hydrogen (secondary N) is 1. The molecule has 0 bridgehead atoms. The standard InChI is InChI=1S/C17H14N6/c1-2-7-19-17-20-10-12-8-11(9-18)15-21-13-5-3-4-6-14(13)23(15)16(12)22-17/h3-6,8,10H,2,7H2,1H3,(H,19,20,22). The molecule has 6 heteroatoms. The van der Waals surface area contributed by atoms with Gasteiger partial charge in [-0.3, -0.25) is 4.40 Å². The van der Waals surface area contributed by atoms with E-state index in [9.17, 15) is 5.26 Å². The van der Waals surface area contributed by atoms with Gasteiger partial charge in [0.25, 0.3) is 0 Å². The van der Waals surface area contributed by atoms with Crippen LogP contribution in [0.5, 0.6) is 0 Å². The fourth-order valence-electron chi connectivity index (χ4n) is 2.71. The first-order valence-corrected chi connectivity index (χ1v) is 7.52. The van der Waals surface area contributed by atoms with Gasteiger partial charge in [0.15, 0.2) is 11.3 Å². The molecule has 0 saturated carbocycles. The fourth-order valence-corrected chi connectivity index (χ4v) is 2.71. The average Bonchev–Trinajstić information content (AvgIpc) is 2.99. The molecule has 1 aromatic carbocycles. The van der Waals surface area contributed by atoms with Crippen LogP contribution in [0.4, 0.5) is 5.95 Å². The molecule has 0 saturated heterocycles. The number of benzene rings is 1. The molecule has 23 heavy (non-hydrogen) atoms. The minimum absolute atomic E-state index is 0.520. The molecule has 0 aliphatic rings. The van der Waals surface area contributed by atoms with E-state index < -0.39 is 0 Å². The predicted octanol–water partition coefficient (Wildman–Crippen LogP) is 3.12. The Morgan fingerprint density at radius 3 is 2.91 bits per heavy atom. The van der Waals surface area contributed by atoms with Crippen LogP contribution in [0, 0.1) is 11.3 Å². The Hall–Kier alpha value is -3.20. The van der Waals surface area contributed by atoms with Crippen molar-refractivity contribution in [3.8, 4) is 6.07 Å². The fraction of sp³-hybridized carbons (Fsp3) is 0.176. The number of nitriles is 1. The van der Waals surface area contributed by atoms with Crippen LogP contribution in [0.3, 0.4) is 0 Å². The zero-order valence-corrected chi connectivity index (χ0v) is 12.6. The predicted molar refractivity (Wildman–Crippen MR) is 89.3 cm³/mol. The van der Waals surface area contributed by atoms with Crippen LogP contribution in [0.1, 0.15) is 18.9 Å². The zero-order valence-electron chi connectivity index (χ0n) is 12.6. The van der Waals surface area contributed by atoms with Crippen LogP contribution in [0.15, 0.2) is 36.5 Å². The number of para-hydroxylation sites is 2. The molecule has 4 aromatic rings. The van der Waals surface area contributed by atoms with Crippen molar-refractivity contribution in [2.24, 2.45) is 0 Å². The summed E-state index contributed by atoms with van der Waals surface area (Å²) in [5, 5.41) is 13.5. The van der Waals surface area contributed by atoms with Crippen LogP contribution in [0.25, 0.3) is 27.7 Å². The largest absolute Gasteiger partial charge is 0.354 e. The van der Waals surface area contributed by atoms with Gasteiger partial charge in [0.2, 0.25) is 5.95 Å². The van der Waals surface area contributed by atoms with E-state index in [1.807, 2.05) is 28.7 Å². The number of fused-ring (bicyclic) bond motifs is 5. The molecule has 0 unspecified atom stereocenters. The van der Waals surface area contributed by atoms with Gasteiger partial charge < -0.3 is 5.32 Å². The maximum absolute atomic E-state index is 9.43. The highest BCUT2D eigenvalue weighted by Crippen LogP contribution is 2.25. The van der Waals surface area contributed by atoms with Crippen LogP contribution >= 0.6 is 0 Å². The molecule has 1 N–H and O–H groups in total. The summed E-state index contributed by atoms with van der Waals surface area (Å²) in [6.45, 7) is 2.91. The van der Waals surface area contributed by atoms with Crippen molar-refractivity contribution >= 4 is 33.7 Å².